The summed E-state index contributed by atoms with van der Waals surface area (Å²) in [7, 11) is 0. The first-order valence-electron chi connectivity index (χ1n) is 7.24. The predicted octanol–water partition coefficient (Wildman–Crippen LogP) is 2.16. The van der Waals surface area contributed by atoms with E-state index >= 15 is 0 Å². The van der Waals surface area contributed by atoms with Crippen molar-refractivity contribution < 1.29 is 5.21 Å². The van der Waals surface area contributed by atoms with Crippen LogP contribution in [0.4, 0.5) is 5.82 Å². The molecule has 0 bridgehead atoms. The van der Waals surface area contributed by atoms with Crippen molar-refractivity contribution in [2.24, 2.45) is 5.10 Å². The van der Waals surface area contributed by atoms with Gasteiger partial charge in [0.1, 0.15) is 11.8 Å². The fraction of sp³-hybridized carbons (Fsp3) is 0.571. The van der Waals surface area contributed by atoms with Gasteiger partial charge in [-0.15, -0.1) is 0 Å². The Hall–Kier alpha value is -2.06. The molecule has 0 radical (unpaired) electrons. The van der Waals surface area contributed by atoms with E-state index in [1.807, 2.05) is 27.7 Å². The number of hydrogen-bond donors (Lipinski definition) is 3. The highest BCUT2D eigenvalue weighted by atomic mass is 16.5. The second-order valence-electron chi connectivity index (χ2n) is 6.90. The fourth-order valence-electron chi connectivity index (χ4n) is 3.09. The first-order chi connectivity index (χ1) is 10.3. The van der Waals surface area contributed by atoms with Gasteiger partial charge in [0.2, 0.25) is 0 Å². The van der Waals surface area contributed by atoms with E-state index in [2.05, 4.69) is 30.5 Å². The van der Waals surface area contributed by atoms with Crippen molar-refractivity contribution in [3.63, 3.8) is 0 Å². The number of imidazole rings is 1. The number of hydrogen-bond acceptors (Lipinski definition) is 7. The summed E-state index contributed by atoms with van der Waals surface area (Å²) in [6.07, 6.45) is 4.39. The number of fused-ring (bicyclic) bond motifs is 1. The first kappa shape index (κ1) is 14.9. The van der Waals surface area contributed by atoms with Gasteiger partial charge in [-0.2, -0.15) is 10.2 Å². The van der Waals surface area contributed by atoms with Gasteiger partial charge in [-0.25, -0.2) is 15.0 Å². The molecule has 1 saturated heterocycles. The Balaban J connectivity index is 1.85. The van der Waals surface area contributed by atoms with Crippen molar-refractivity contribution in [2.45, 2.75) is 51.6 Å². The number of rotatable bonds is 2. The number of anilines is 1. The SMILES string of the molecule is CC1(C)CC(=NNc2ncnc3nc[nH]c23)CC(C)(C)N1O. The van der Waals surface area contributed by atoms with Crippen LogP contribution in [0.25, 0.3) is 11.2 Å². The van der Waals surface area contributed by atoms with Gasteiger partial charge in [0.05, 0.1) is 6.33 Å². The molecular weight excluding hydrogens is 282 g/mol. The van der Waals surface area contributed by atoms with E-state index in [-0.39, 0.29) is 11.1 Å². The molecule has 0 saturated carbocycles. The van der Waals surface area contributed by atoms with Crippen molar-refractivity contribution in [3.8, 4) is 0 Å². The molecule has 1 fully saturated rings. The Morgan fingerprint density at radius 1 is 1.18 bits per heavy atom. The smallest absolute Gasteiger partial charge is 0.182 e. The number of piperidine rings is 1. The first-order valence-corrected chi connectivity index (χ1v) is 7.24. The molecule has 0 spiro atoms. The van der Waals surface area contributed by atoms with Gasteiger partial charge in [0.15, 0.2) is 11.5 Å². The maximum atomic E-state index is 10.3. The van der Waals surface area contributed by atoms with Crippen molar-refractivity contribution in [3.05, 3.63) is 12.7 Å². The lowest BCUT2D eigenvalue weighted by atomic mass is 9.81. The lowest BCUT2D eigenvalue weighted by Gasteiger charge is -2.48. The average molecular weight is 303 g/mol. The predicted molar refractivity (Wildman–Crippen MR) is 83.8 cm³/mol. The minimum absolute atomic E-state index is 0.364. The zero-order valence-corrected chi connectivity index (χ0v) is 13.3. The standard InChI is InChI=1S/C14H21N7O/c1-13(2)5-9(6-14(3,4)21(13)22)19-20-12-10-11(16-7-15-10)17-8-18-12/h7-8,22H,5-6H2,1-4H3,(H2,15,16,17,18,20). The highest BCUT2D eigenvalue weighted by molar-refractivity contribution is 5.89. The third kappa shape index (κ3) is 2.55. The highest BCUT2D eigenvalue weighted by Crippen LogP contribution is 2.35. The lowest BCUT2D eigenvalue weighted by molar-refractivity contribution is -0.226. The third-order valence-corrected chi connectivity index (χ3v) is 3.96. The van der Waals surface area contributed by atoms with Gasteiger partial charge in [-0.1, -0.05) is 0 Å². The molecule has 8 nitrogen and oxygen atoms in total. The monoisotopic (exact) mass is 303 g/mol. The molecular formula is C14H21N7O. The maximum Gasteiger partial charge on any atom is 0.182 e. The molecule has 0 aromatic carbocycles. The molecule has 2 aromatic heterocycles. The Kier molecular flexibility index (Phi) is 3.37. The topological polar surface area (TPSA) is 102 Å². The van der Waals surface area contributed by atoms with Crippen LogP contribution in [0, 0.1) is 0 Å². The molecule has 0 aliphatic carbocycles. The van der Waals surface area contributed by atoms with Crippen molar-refractivity contribution in [1.82, 2.24) is 25.0 Å². The normalized spacial score (nSPS) is 21.0. The Labute approximate surface area is 128 Å². The Bertz CT molecular complexity index is 699. The molecule has 22 heavy (non-hydrogen) atoms. The van der Waals surface area contributed by atoms with E-state index in [4.69, 9.17) is 0 Å². The number of hydroxylamine groups is 2. The van der Waals surface area contributed by atoms with Gasteiger partial charge < -0.3 is 10.2 Å². The molecule has 3 heterocycles. The average Bonchev–Trinajstić information content (AvgIpc) is 2.90. The van der Waals surface area contributed by atoms with E-state index in [1.54, 1.807) is 6.33 Å². The van der Waals surface area contributed by atoms with Crippen LogP contribution in [-0.4, -0.2) is 47.0 Å². The van der Waals surface area contributed by atoms with Gasteiger partial charge >= 0.3 is 0 Å². The van der Waals surface area contributed by atoms with Crippen LogP contribution < -0.4 is 5.43 Å². The van der Waals surface area contributed by atoms with E-state index in [0.29, 0.717) is 24.3 Å². The number of aromatic amines is 1. The number of hydrazone groups is 1. The highest BCUT2D eigenvalue weighted by Gasteiger charge is 2.43. The van der Waals surface area contributed by atoms with Crippen LogP contribution in [0.1, 0.15) is 40.5 Å². The molecule has 2 aromatic rings. The molecule has 1 aliphatic rings. The summed E-state index contributed by atoms with van der Waals surface area (Å²) in [5.74, 6) is 0.594. The van der Waals surface area contributed by atoms with E-state index in [0.717, 1.165) is 11.2 Å². The number of nitrogens with zero attached hydrogens (tertiary/aromatic N) is 5. The molecule has 3 rings (SSSR count). The van der Waals surface area contributed by atoms with Crippen molar-refractivity contribution in [1.29, 1.82) is 0 Å². The second kappa shape index (κ2) is 4.99. The Morgan fingerprint density at radius 2 is 1.86 bits per heavy atom. The van der Waals surface area contributed by atoms with Crippen LogP contribution in [0.15, 0.2) is 17.8 Å². The molecule has 0 atom stereocenters. The summed E-state index contributed by atoms with van der Waals surface area (Å²) >= 11 is 0. The minimum Gasteiger partial charge on any atom is -0.340 e. The largest absolute Gasteiger partial charge is 0.340 e. The van der Waals surface area contributed by atoms with Crippen LogP contribution in [0.5, 0.6) is 0 Å². The van der Waals surface area contributed by atoms with Gasteiger partial charge in [-0.05, 0) is 27.7 Å². The zero-order valence-electron chi connectivity index (χ0n) is 13.3. The van der Waals surface area contributed by atoms with E-state index in [1.165, 1.54) is 11.4 Å². The van der Waals surface area contributed by atoms with Gasteiger partial charge in [-0.3, -0.25) is 5.43 Å². The maximum absolute atomic E-state index is 10.3. The second-order valence-corrected chi connectivity index (χ2v) is 6.90. The molecule has 1 aliphatic heterocycles. The summed E-state index contributed by atoms with van der Waals surface area (Å²) in [5.41, 5.74) is 4.59. The van der Waals surface area contributed by atoms with Crippen LogP contribution in [0.3, 0.4) is 0 Å². The van der Waals surface area contributed by atoms with Crippen molar-refractivity contribution in [2.75, 3.05) is 5.43 Å². The molecule has 3 N–H and O–H groups in total. The van der Waals surface area contributed by atoms with E-state index in [9.17, 15) is 5.21 Å². The number of nitrogens with one attached hydrogen (secondary N) is 2. The van der Waals surface area contributed by atoms with Crippen LogP contribution >= 0.6 is 0 Å². The number of aromatic nitrogens is 4. The van der Waals surface area contributed by atoms with Crippen LogP contribution in [-0.2, 0) is 0 Å². The summed E-state index contributed by atoms with van der Waals surface area (Å²) in [6.45, 7) is 8.00. The third-order valence-electron chi connectivity index (χ3n) is 3.96. The molecule has 118 valence electrons. The fourth-order valence-corrected chi connectivity index (χ4v) is 3.09. The summed E-state index contributed by atoms with van der Waals surface area (Å²) in [6, 6.07) is 0. The Morgan fingerprint density at radius 3 is 2.55 bits per heavy atom. The number of H-pyrrole nitrogens is 1. The van der Waals surface area contributed by atoms with Crippen LogP contribution in [0.2, 0.25) is 0 Å². The van der Waals surface area contributed by atoms with Gasteiger partial charge in [0.25, 0.3) is 0 Å². The van der Waals surface area contributed by atoms with E-state index < -0.39 is 0 Å². The quantitative estimate of drug-likeness (QED) is 0.735. The minimum atomic E-state index is -0.364. The summed E-state index contributed by atoms with van der Waals surface area (Å²) < 4.78 is 0. The van der Waals surface area contributed by atoms with Gasteiger partial charge in [0, 0.05) is 29.6 Å². The zero-order chi connectivity index (χ0) is 16.0. The summed E-state index contributed by atoms with van der Waals surface area (Å²) in [5, 5.41) is 16.2. The lowest BCUT2D eigenvalue weighted by Crippen LogP contribution is -2.59. The molecule has 0 unspecified atom stereocenters. The van der Waals surface area contributed by atoms with Crippen molar-refractivity contribution >= 4 is 22.7 Å². The molecule has 0 amide bonds. The molecule has 8 heteroatoms. The summed E-state index contributed by atoms with van der Waals surface area (Å²) in [4.78, 5) is 15.4.